The lowest BCUT2D eigenvalue weighted by Gasteiger charge is -2.33. The number of nitrogens with one attached hydrogen (secondary N) is 1. The fourth-order valence-electron chi connectivity index (χ4n) is 3.44. The number of anilines is 1. The molecule has 6 nitrogen and oxygen atoms in total. The monoisotopic (exact) mass is 344 g/mol. The number of carbonyl (C=O) groups is 2. The number of piperidine rings is 1. The molecular formula is C18H21FN4O2. The smallest absolute Gasteiger partial charge is 0.321 e. The second-order valence-corrected chi connectivity index (χ2v) is 6.55. The van der Waals surface area contributed by atoms with Crippen LogP contribution in [0.15, 0.2) is 18.2 Å². The number of halogens is 1. The molecule has 1 atom stereocenters. The number of carbonyl (C=O) groups excluding carboxylic acids is 2. The third-order valence-electron chi connectivity index (χ3n) is 4.82. The van der Waals surface area contributed by atoms with Gasteiger partial charge >= 0.3 is 6.03 Å². The predicted octanol–water partition coefficient (Wildman–Crippen LogP) is 2.56. The number of amides is 3. The van der Waals surface area contributed by atoms with Crippen molar-refractivity contribution in [3.05, 3.63) is 29.6 Å². The van der Waals surface area contributed by atoms with E-state index < -0.39 is 11.8 Å². The Morgan fingerprint density at radius 2 is 1.88 bits per heavy atom. The summed E-state index contributed by atoms with van der Waals surface area (Å²) in [6.07, 6.45) is 3.62. The van der Waals surface area contributed by atoms with Crippen molar-refractivity contribution in [3.8, 4) is 6.07 Å². The Bertz CT molecular complexity index is 710. The largest absolute Gasteiger partial charge is 0.342 e. The average Bonchev–Trinajstić information content (AvgIpc) is 3.17. The van der Waals surface area contributed by atoms with Gasteiger partial charge < -0.3 is 15.1 Å². The predicted molar refractivity (Wildman–Crippen MR) is 90.2 cm³/mol. The van der Waals surface area contributed by atoms with Crippen LogP contribution < -0.4 is 5.32 Å². The summed E-state index contributed by atoms with van der Waals surface area (Å²) in [6, 6.07) is 5.36. The first kappa shape index (κ1) is 17.2. The fraction of sp³-hybridized carbons (Fsp3) is 0.500. The molecule has 25 heavy (non-hydrogen) atoms. The van der Waals surface area contributed by atoms with Crippen LogP contribution in [0.5, 0.6) is 0 Å². The maximum atomic E-state index is 13.9. The van der Waals surface area contributed by atoms with Gasteiger partial charge in [-0.2, -0.15) is 5.26 Å². The summed E-state index contributed by atoms with van der Waals surface area (Å²) in [5, 5.41) is 11.3. The lowest BCUT2D eigenvalue weighted by molar-refractivity contribution is -0.135. The van der Waals surface area contributed by atoms with E-state index in [1.807, 2.05) is 11.0 Å². The highest BCUT2D eigenvalue weighted by atomic mass is 19.1. The van der Waals surface area contributed by atoms with Crippen molar-refractivity contribution >= 4 is 17.6 Å². The molecule has 3 amide bonds. The maximum Gasteiger partial charge on any atom is 0.321 e. The molecule has 1 aromatic rings. The van der Waals surface area contributed by atoms with Crippen molar-refractivity contribution in [2.45, 2.75) is 25.7 Å². The number of hydrogen-bond acceptors (Lipinski definition) is 3. The number of rotatable bonds is 2. The Balaban J connectivity index is 1.62. The standard InChI is InChI=1S/C18H21FN4O2/c19-15-10-13(11-20)5-6-16(15)21-18(25)23-9-3-4-14(12-23)17(24)22-7-1-2-8-22/h5-6,10,14H,1-4,7-9,12H2,(H,21,25)/t14-/m1/s1. The minimum absolute atomic E-state index is 0.0389. The number of likely N-dealkylation sites (tertiary alicyclic amines) is 2. The van der Waals surface area contributed by atoms with Gasteiger partial charge in [0.15, 0.2) is 0 Å². The Kier molecular flexibility index (Phi) is 5.17. The van der Waals surface area contributed by atoms with E-state index in [9.17, 15) is 14.0 Å². The molecule has 0 radical (unpaired) electrons. The zero-order chi connectivity index (χ0) is 17.8. The SMILES string of the molecule is N#Cc1ccc(NC(=O)N2CCC[C@@H](C(=O)N3CCCC3)C2)c(F)c1. The number of benzene rings is 1. The van der Waals surface area contributed by atoms with Crippen molar-refractivity contribution in [1.29, 1.82) is 5.26 Å². The van der Waals surface area contributed by atoms with E-state index in [1.54, 1.807) is 4.90 Å². The van der Waals surface area contributed by atoms with Gasteiger partial charge in [0.05, 0.1) is 23.2 Å². The van der Waals surface area contributed by atoms with Crippen LogP contribution in [-0.2, 0) is 4.79 Å². The number of urea groups is 1. The van der Waals surface area contributed by atoms with Crippen LogP contribution in [0.1, 0.15) is 31.2 Å². The molecule has 3 rings (SSSR count). The normalized spacial score (nSPS) is 20.2. The van der Waals surface area contributed by atoms with Gasteiger partial charge in [-0.1, -0.05) is 0 Å². The van der Waals surface area contributed by atoms with Gasteiger partial charge in [-0.05, 0) is 43.9 Å². The topological polar surface area (TPSA) is 76.4 Å². The molecule has 1 aromatic carbocycles. The minimum atomic E-state index is -0.644. The molecule has 2 aliphatic heterocycles. The second kappa shape index (κ2) is 7.51. The van der Waals surface area contributed by atoms with Crippen LogP contribution in [0.2, 0.25) is 0 Å². The van der Waals surface area contributed by atoms with Gasteiger partial charge in [-0.3, -0.25) is 4.79 Å². The highest BCUT2D eigenvalue weighted by molar-refractivity contribution is 5.90. The van der Waals surface area contributed by atoms with Gasteiger partial charge in [-0.25, -0.2) is 9.18 Å². The lowest BCUT2D eigenvalue weighted by atomic mass is 9.97. The third kappa shape index (κ3) is 3.90. The molecule has 132 valence electrons. The van der Waals surface area contributed by atoms with E-state index in [-0.39, 0.29) is 23.1 Å². The molecule has 2 aliphatic rings. The van der Waals surface area contributed by atoms with Crippen molar-refractivity contribution in [1.82, 2.24) is 9.80 Å². The molecule has 2 fully saturated rings. The number of nitrogens with zero attached hydrogens (tertiary/aromatic N) is 3. The highest BCUT2D eigenvalue weighted by Gasteiger charge is 2.32. The van der Waals surface area contributed by atoms with Crippen LogP contribution >= 0.6 is 0 Å². The molecular weight excluding hydrogens is 323 g/mol. The summed E-state index contributed by atoms with van der Waals surface area (Å²) in [5.74, 6) is -0.697. The number of nitriles is 1. The quantitative estimate of drug-likeness (QED) is 0.896. The summed E-state index contributed by atoms with van der Waals surface area (Å²) in [5.41, 5.74) is 0.238. The van der Waals surface area contributed by atoms with Crippen LogP contribution in [0.3, 0.4) is 0 Å². The third-order valence-corrected chi connectivity index (χ3v) is 4.82. The van der Waals surface area contributed by atoms with Crippen LogP contribution in [-0.4, -0.2) is 47.9 Å². The molecule has 2 heterocycles. The summed E-state index contributed by atoms with van der Waals surface area (Å²) in [6.45, 7) is 2.52. The van der Waals surface area contributed by atoms with E-state index in [2.05, 4.69) is 5.32 Å². The first-order chi connectivity index (χ1) is 12.1. The van der Waals surface area contributed by atoms with Crippen LogP contribution in [0.4, 0.5) is 14.9 Å². The summed E-state index contributed by atoms with van der Waals surface area (Å²) in [4.78, 5) is 28.4. The summed E-state index contributed by atoms with van der Waals surface area (Å²) < 4.78 is 13.9. The molecule has 0 aliphatic carbocycles. The number of hydrogen-bond donors (Lipinski definition) is 1. The first-order valence-corrected chi connectivity index (χ1v) is 8.63. The maximum absolute atomic E-state index is 13.9. The summed E-state index contributed by atoms with van der Waals surface area (Å²) >= 11 is 0. The van der Waals surface area contributed by atoms with E-state index >= 15 is 0 Å². The Morgan fingerprint density at radius 3 is 2.56 bits per heavy atom. The lowest BCUT2D eigenvalue weighted by Crippen LogP contribution is -2.47. The molecule has 1 N–H and O–H groups in total. The molecule has 2 saturated heterocycles. The second-order valence-electron chi connectivity index (χ2n) is 6.55. The molecule has 7 heteroatoms. The van der Waals surface area contributed by atoms with Gasteiger partial charge in [-0.15, -0.1) is 0 Å². The van der Waals surface area contributed by atoms with Crippen LogP contribution in [0, 0.1) is 23.1 Å². The van der Waals surface area contributed by atoms with Gasteiger partial charge in [0, 0.05) is 26.2 Å². The van der Waals surface area contributed by atoms with E-state index in [0.29, 0.717) is 13.1 Å². The zero-order valence-corrected chi connectivity index (χ0v) is 14.0. The Labute approximate surface area is 146 Å². The van der Waals surface area contributed by atoms with Crippen molar-refractivity contribution in [3.63, 3.8) is 0 Å². The van der Waals surface area contributed by atoms with Crippen molar-refractivity contribution in [2.24, 2.45) is 5.92 Å². The van der Waals surface area contributed by atoms with Crippen molar-refractivity contribution in [2.75, 3.05) is 31.5 Å². The van der Waals surface area contributed by atoms with Gasteiger partial charge in [0.2, 0.25) is 5.91 Å². The van der Waals surface area contributed by atoms with Crippen LogP contribution in [0.25, 0.3) is 0 Å². The van der Waals surface area contributed by atoms with E-state index in [1.165, 1.54) is 12.1 Å². The molecule has 0 saturated carbocycles. The average molecular weight is 344 g/mol. The van der Waals surface area contributed by atoms with Gasteiger partial charge in [0.1, 0.15) is 5.82 Å². The Morgan fingerprint density at radius 1 is 1.16 bits per heavy atom. The summed E-state index contributed by atoms with van der Waals surface area (Å²) in [7, 11) is 0. The van der Waals surface area contributed by atoms with Gasteiger partial charge in [0.25, 0.3) is 0 Å². The van der Waals surface area contributed by atoms with E-state index in [0.717, 1.165) is 44.8 Å². The molecule has 0 unspecified atom stereocenters. The van der Waals surface area contributed by atoms with Crippen molar-refractivity contribution < 1.29 is 14.0 Å². The molecule has 0 bridgehead atoms. The zero-order valence-electron chi connectivity index (χ0n) is 14.0. The fourth-order valence-corrected chi connectivity index (χ4v) is 3.44. The molecule has 0 aromatic heterocycles. The first-order valence-electron chi connectivity index (χ1n) is 8.63. The van der Waals surface area contributed by atoms with E-state index in [4.69, 9.17) is 5.26 Å². The molecule has 0 spiro atoms. The Hall–Kier alpha value is -2.62. The minimum Gasteiger partial charge on any atom is -0.342 e. The highest BCUT2D eigenvalue weighted by Crippen LogP contribution is 2.23.